The van der Waals surface area contributed by atoms with Gasteiger partial charge in [-0.2, -0.15) is 0 Å². The molecular weight excluding hydrogens is 254 g/mol. The predicted molar refractivity (Wildman–Crippen MR) is 57.3 cm³/mol. The van der Waals surface area contributed by atoms with E-state index in [1.165, 1.54) is 0 Å². The fourth-order valence-electron chi connectivity index (χ4n) is 1.16. The molecule has 0 fully saturated rings. The van der Waals surface area contributed by atoms with Crippen LogP contribution in [0.5, 0.6) is 0 Å². The highest BCUT2D eigenvalue weighted by Crippen LogP contribution is 2.33. The Balaban J connectivity index is 3.73. The van der Waals surface area contributed by atoms with Gasteiger partial charge in [-0.1, -0.05) is 0 Å². The van der Waals surface area contributed by atoms with Crippen molar-refractivity contribution in [3.63, 3.8) is 0 Å². The van der Waals surface area contributed by atoms with Crippen molar-refractivity contribution in [2.45, 2.75) is 4.90 Å². The Morgan fingerprint density at radius 1 is 1.18 bits per heavy atom. The quantitative estimate of drug-likeness (QED) is 0.473. The third-order valence-electron chi connectivity index (χ3n) is 1.91. The lowest BCUT2D eigenvalue weighted by Gasteiger charge is -2.03. The van der Waals surface area contributed by atoms with Crippen LogP contribution in [0.25, 0.3) is 0 Å². The van der Waals surface area contributed by atoms with Crippen LogP contribution in [0, 0.1) is 20.2 Å². The Labute approximate surface area is 95.1 Å². The maximum absolute atomic E-state index is 11.3. The summed E-state index contributed by atoms with van der Waals surface area (Å²) in [5, 5.41) is 21.1. The third-order valence-corrected chi connectivity index (χ3v) is 3.05. The number of nitrogen functional groups attached to an aromatic ring is 1. The third kappa shape index (κ3) is 2.47. The van der Waals surface area contributed by atoms with Crippen LogP contribution < -0.4 is 5.73 Å². The van der Waals surface area contributed by atoms with E-state index in [1.54, 1.807) is 0 Å². The molecule has 0 heterocycles. The molecule has 0 bridgehead atoms. The number of nitrogens with zero attached hydrogens (tertiary/aromatic N) is 2. The molecule has 1 aromatic carbocycles. The van der Waals surface area contributed by atoms with Crippen molar-refractivity contribution in [1.82, 2.24) is 0 Å². The largest absolute Gasteiger partial charge is 0.392 e. The SMILES string of the molecule is CS(=O)(=O)c1cc([N+](=O)[O-])cc([N+](=O)[O-])c1N. The molecule has 0 aliphatic carbocycles. The smallest absolute Gasteiger partial charge is 0.300 e. The minimum Gasteiger partial charge on any atom is -0.392 e. The number of benzene rings is 1. The topological polar surface area (TPSA) is 146 Å². The molecule has 0 spiro atoms. The molecule has 1 rings (SSSR count). The lowest BCUT2D eigenvalue weighted by molar-refractivity contribution is -0.393. The number of nitro benzene ring substituents is 2. The molecule has 0 saturated carbocycles. The molecule has 0 radical (unpaired) electrons. The standard InChI is InChI=1S/C7H7N3O6S/c1-17(15,16)6-3-4(9(11)12)2-5(7(6)8)10(13)14/h2-3H,8H2,1H3. The molecule has 1 aromatic rings. The summed E-state index contributed by atoms with van der Waals surface area (Å²) in [7, 11) is -3.88. The lowest BCUT2D eigenvalue weighted by atomic mass is 10.2. The van der Waals surface area contributed by atoms with Crippen LogP contribution in [0.2, 0.25) is 0 Å². The van der Waals surface area contributed by atoms with Crippen LogP contribution in [0.3, 0.4) is 0 Å². The molecule has 0 aromatic heterocycles. The van der Waals surface area contributed by atoms with E-state index in [9.17, 15) is 28.6 Å². The first-order valence-corrected chi connectivity index (χ1v) is 5.96. The van der Waals surface area contributed by atoms with Gasteiger partial charge in [-0.15, -0.1) is 0 Å². The number of rotatable bonds is 3. The summed E-state index contributed by atoms with van der Waals surface area (Å²) in [5.41, 5.74) is 3.18. The van der Waals surface area contributed by atoms with Crippen molar-refractivity contribution in [3.05, 3.63) is 32.4 Å². The predicted octanol–water partition coefficient (Wildman–Crippen LogP) is 0.489. The van der Waals surface area contributed by atoms with Gasteiger partial charge in [-0.05, 0) is 0 Å². The van der Waals surface area contributed by atoms with Crippen molar-refractivity contribution in [1.29, 1.82) is 0 Å². The molecule has 0 aliphatic heterocycles. The minimum absolute atomic E-state index is 0.608. The number of anilines is 1. The summed E-state index contributed by atoms with van der Waals surface area (Å²) in [5.74, 6) is 0. The number of non-ortho nitro benzene ring substituents is 1. The monoisotopic (exact) mass is 261 g/mol. The van der Waals surface area contributed by atoms with E-state index in [2.05, 4.69) is 0 Å². The molecule has 0 unspecified atom stereocenters. The number of sulfone groups is 1. The number of hydrogen-bond donors (Lipinski definition) is 1. The van der Waals surface area contributed by atoms with Gasteiger partial charge >= 0.3 is 0 Å². The number of nitrogens with two attached hydrogens (primary N) is 1. The molecule has 0 aliphatic rings. The van der Waals surface area contributed by atoms with Crippen molar-refractivity contribution in [2.75, 3.05) is 12.0 Å². The second-order valence-electron chi connectivity index (χ2n) is 3.16. The zero-order valence-electron chi connectivity index (χ0n) is 8.48. The first-order valence-electron chi connectivity index (χ1n) is 4.07. The van der Waals surface area contributed by atoms with Crippen molar-refractivity contribution in [2.24, 2.45) is 0 Å². The van der Waals surface area contributed by atoms with Crippen molar-refractivity contribution < 1.29 is 18.3 Å². The molecule has 10 heteroatoms. The zero-order valence-corrected chi connectivity index (χ0v) is 9.30. The molecule has 17 heavy (non-hydrogen) atoms. The second kappa shape index (κ2) is 3.97. The number of hydrogen-bond acceptors (Lipinski definition) is 7. The summed E-state index contributed by atoms with van der Waals surface area (Å²) in [4.78, 5) is 18.6. The van der Waals surface area contributed by atoms with Gasteiger partial charge in [0.1, 0.15) is 10.6 Å². The minimum atomic E-state index is -3.88. The Morgan fingerprint density at radius 2 is 1.71 bits per heavy atom. The van der Waals surface area contributed by atoms with Gasteiger partial charge in [0.15, 0.2) is 9.84 Å². The summed E-state index contributed by atoms with van der Waals surface area (Å²) >= 11 is 0. The van der Waals surface area contributed by atoms with E-state index in [4.69, 9.17) is 5.73 Å². The van der Waals surface area contributed by atoms with Crippen molar-refractivity contribution >= 4 is 26.9 Å². The summed E-state index contributed by atoms with van der Waals surface area (Å²) in [6.45, 7) is 0. The normalized spacial score (nSPS) is 11.1. The first kappa shape index (κ1) is 12.8. The van der Waals surface area contributed by atoms with E-state index < -0.39 is 41.6 Å². The molecule has 0 amide bonds. The van der Waals surface area contributed by atoms with E-state index in [-0.39, 0.29) is 0 Å². The van der Waals surface area contributed by atoms with Crippen LogP contribution in [0.15, 0.2) is 17.0 Å². The van der Waals surface area contributed by atoms with E-state index in [0.717, 1.165) is 6.26 Å². The zero-order chi connectivity index (χ0) is 13.4. The molecule has 2 N–H and O–H groups in total. The lowest BCUT2D eigenvalue weighted by Crippen LogP contribution is -2.06. The Morgan fingerprint density at radius 3 is 2.06 bits per heavy atom. The Kier molecular flexibility index (Phi) is 3.00. The highest BCUT2D eigenvalue weighted by atomic mass is 32.2. The average Bonchev–Trinajstić information content (AvgIpc) is 2.15. The average molecular weight is 261 g/mol. The first-order chi connectivity index (χ1) is 7.64. The fourth-order valence-corrected chi connectivity index (χ4v) is 2.00. The van der Waals surface area contributed by atoms with Gasteiger partial charge in [-0.25, -0.2) is 8.42 Å². The summed E-state index contributed by atoms with van der Waals surface area (Å²) in [6.07, 6.45) is 0.756. The van der Waals surface area contributed by atoms with Crippen LogP contribution in [-0.2, 0) is 9.84 Å². The molecule has 9 nitrogen and oxygen atoms in total. The van der Waals surface area contributed by atoms with Gasteiger partial charge in [0.25, 0.3) is 11.4 Å². The molecule has 0 saturated heterocycles. The van der Waals surface area contributed by atoms with Crippen molar-refractivity contribution in [3.8, 4) is 0 Å². The fraction of sp³-hybridized carbons (Fsp3) is 0.143. The molecule has 92 valence electrons. The van der Waals surface area contributed by atoms with Gasteiger partial charge < -0.3 is 5.73 Å². The van der Waals surface area contributed by atoms with Crippen LogP contribution >= 0.6 is 0 Å². The van der Waals surface area contributed by atoms with Crippen LogP contribution in [0.1, 0.15) is 0 Å². The van der Waals surface area contributed by atoms with E-state index >= 15 is 0 Å². The van der Waals surface area contributed by atoms with Gasteiger partial charge in [0.2, 0.25) is 0 Å². The summed E-state index contributed by atoms with van der Waals surface area (Å²) in [6, 6.07) is 1.31. The van der Waals surface area contributed by atoms with E-state index in [0.29, 0.717) is 12.1 Å². The number of nitro groups is 2. The summed E-state index contributed by atoms with van der Waals surface area (Å²) < 4.78 is 22.6. The van der Waals surface area contributed by atoms with E-state index in [1.807, 2.05) is 0 Å². The Bertz CT molecular complexity index is 608. The highest BCUT2D eigenvalue weighted by molar-refractivity contribution is 7.90. The van der Waals surface area contributed by atoms with Gasteiger partial charge in [0, 0.05) is 12.3 Å². The Hall–Kier alpha value is -2.23. The molecular formula is C7H7N3O6S. The van der Waals surface area contributed by atoms with Crippen LogP contribution in [0.4, 0.5) is 17.1 Å². The second-order valence-corrected chi connectivity index (χ2v) is 5.15. The maximum Gasteiger partial charge on any atom is 0.300 e. The van der Waals surface area contributed by atoms with Crippen LogP contribution in [-0.4, -0.2) is 24.5 Å². The van der Waals surface area contributed by atoms with Gasteiger partial charge in [-0.3, -0.25) is 20.2 Å². The maximum atomic E-state index is 11.3. The molecule has 0 atom stereocenters. The van der Waals surface area contributed by atoms with Gasteiger partial charge in [0.05, 0.1) is 15.9 Å². The highest BCUT2D eigenvalue weighted by Gasteiger charge is 2.26.